The van der Waals surface area contributed by atoms with Crippen LogP contribution in [0.15, 0.2) is 54.9 Å². The lowest BCUT2D eigenvalue weighted by atomic mass is 10.0. The number of methoxy groups -OCH3 is 2. The van der Waals surface area contributed by atoms with Crippen LogP contribution >= 0.6 is 0 Å². The second-order valence-corrected chi connectivity index (χ2v) is 15.5. The first-order chi connectivity index (χ1) is 27.9. The van der Waals surface area contributed by atoms with Crippen molar-refractivity contribution in [2.75, 3.05) is 27.3 Å². The third-order valence-corrected chi connectivity index (χ3v) is 11.0. The van der Waals surface area contributed by atoms with Crippen LogP contribution in [0.5, 0.6) is 0 Å². The molecule has 2 fully saturated rings. The molecule has 0 radical (unpaired) electrons. The highest BCUT2D eigenvalue weighted by Crippen LogP contribution is 2.35. The molecule has 7 rings (SSSR count). The van der Waals surface area contributed by atoms with E-state index in [0.29, 0.717) is 24.6 Å². The maximum atomic E-state index is 13.6. The number of carbonyl (C=O) groups is 4. The second kappa shape index (κ2) is 17.0. The van der Waals surface area contributed by atoms with Crippen molar-refractivity contribution in [2.45, 2.75) is 77.5 Å². The predicted octanol–water partition coefficient (Wildman–Crippen LogP) is 5.99. The fraction of sp³-hybridized carbons (Fsp3) is 0.419. The molecule has 5 aromatic rings. The van der Waals surface area contributed by atoms with Crippen LogP contribution in [0.3, 0.4) is 0 Å². The van der Waals surface area contributed by atoms with Crippen LogP contribution in [0.1, 0.15) is 88.2 Å². The van der Waals surface area contributed by atoms with E-state index >= 15 is 0 Å². The minimum atomic E-state index is -0.704. The molecule has 58 heavy (non-hydrogen) atoms. The van der Waals surface area contributed by atoms with Crippen LogP contribution in [0.25, 0.3) is 33.2 Å². The molecule has 4 unspecified atom stereocenters. The number of likely N-dealkylation sites (tertiary alicyclic amines) is 2. The number of H-pyrrole nitrogens is 2. The summed E-state index contributed by atoms with van der Waals surface area (Å²) >= 11 is 0. The van der Waals surface area contributed by atoms with Crippen LogP contribution in [0.4, 0.5) is 9.59 Å². The molecular formula is C43H49N9O6. The number of pyridine rings is 1. The molecule has 0 saturated carbocycles. The lowest BCUT2D eigenvalue weighted by molar-refractivity contribution is -0.136. The number of hydrogen-bond acceptors (Lipinski definition) is 9. The van der Waals surface area contributed by atoms with Gasteiger partial charge in [0.1, 0.15) is 23.7 Å². The van der Waals surface area contributed by atoms with E-state index in [9.17, 15) is 19.2 Å². The van der Waals surface area contributed by atoms with Gasteiger partial charge in [-0.15, -0.1) is 0 Å². The molecule has 2 saturated heterocycles. The van der Waals surface area contributed by atoms with E-state index < -0.39 is 24.3 Å². The maximum Gasteiger partial charge on any atom is 0.407 e. The average Bonchev–Trinajstić information content (AvgIpc) is 4.06. The van der Waals surface area contributed by atoms with Gasteiger partial charge in [0.15, 0.2) is 0 Å². The van der Waals surface area contributed by atoms with Crippen LogP contribution in [-0.4, -0.2) is 98.1 Å². The van der Waals surface area contributed by atoms with Crippen molar-refractivity contribution in [1.82, 2.24) is 45.4 Å². The summed E-state index contributed by atoms with van der Waals surface area (Å²) < 4.78 is 9.52. The Morgan fingerprint density at radius 2 is 1.34 bits per heavy atom. The van der Waals surface area contributed by atoms with Gasteiger partial charge in [0.2, 0.25) is 11.8 Å². The Kier molecular flexibility index (Phi) is 11.6. The molecule has 2 aliphatic heterocycles. The van der Waals surface area contributed by atoms with Crippen molar-refractivity contribution < 1.29 is 28.7 Å². The van der Waals surface area contributed by atoms with E-state index in [2.05, 4.69) is 42.4 Å². The number of aromatic amines is 2. The van der Waals surface area contributed by atoms with Gasteiger partial charge in [-0.25, -0.2) is 19.6 Å². The lowest BCUT2D eigenvalue weighted by Crippen LogP contribution is -2.51. The van der Waals surface area contributed by atoms with Gasteiger partial charge in [-0.1, -0.05) is 51.7 Å². The summed E-state index contributed by atoms with van der Waals surface area (Å²) in [5.41, 5.74) is 4.72. The first-order valence-electron chi connectivity index (χ1n) is 19.7. The van der Waals surface area contributed by atoms with Crippen molar-refractivity contribution in [2.24, 2.45) is 11.8 Å². The Hall–Kier alpha value is -6.43. The zero-order valence-electron chi connectivity index (χ0n) is 33.6. The number of alkyl carbamates (subject to hydrolysis) is 2. The van der Waals surface area contributed by atoms with Crippen LogP contribution in [0.2, 0.25) is 0 Å². The second-order valence-electron chi connectivity index (χ2n) is 15.5. The Bertz CT molecular complexity index is 2390. The highest BCUT2D eigenvalue weighted by atomic mass is 16.5. The summed E-state index contributed by atoms with van der Waals surface area (Å²) in [6.45, 7) is 8.73. The molecule has 3 aromatic heterocycles. The third-order valence-electron chi connectivity index (χ3n) is 11.0. The number of carbonyl (C=O) groups excluding carboxylic acids is 4. The van der Waals surface area contributed by atoms with Crippen molar-refractivity contribution in [1.29, 1.82) is 0 Å². The summed E-state index contributed by atoms with van der Waals surface area (Å²) in [6, 6.07) is 12.0. The molecule has 2 aromatic carbocycles. The monoisotopic (exact) mass is 787 g/mol. The summed E-state index contributed by atoms with van der Waals surface area (Å²) in [5, 5.41) is 7.35. The minimum Gasteiger partial charge on any atom is -0.453 e. The van der Waals surface area contributed by atoms with Crippen LogP contribution < -0.4 is 10.6 Å². The summed E-state index contributed by atoms with van der Waals surface area (Å²) in [7, 11) is 2.57. The van der Waals surface area contributed by atoms with Gasteiger partial charge in [-0.05, 0) is 73.2 Å². The smallest absolute Gasteiger partial charge is 0.407 e. The van der Waals surface area contributed by atoms with E-state index in [4.69, 9.17) is 14.5 Å². The molecule has 0 aliphatic carbocycles. The number of nitrogens with one attached hydrogen (secondary N) is 4. The number of fused-ring (bicyclic) bond motifs is 3. The fourth-order valence-electron chi connectivity index (χ4n) is 7.85. The Labute approximate surface area is 336 Å². The van der Waals surface area contributed by atoms with E-state index in [-0.39, 0.29) is 35.7 Å². The predicted molar refractivity (Wildman–Crippen MR) is 217 cm³/mol. The first kappa shape index (κ1) is 39.8. The molecule has 0 spiro atoms. The SMILES string of the molecule is COC(=O)NC(C(=O)N1CCCC1c1ncc(-c2ccc(C#Cc3ccc4c(ccc5[nH]c(C6CCCN6C(=O)C(NC(=O)OC)C(C)C)nc54)c3)cn2)[nH]1)C(C)C. The molecule has 4 N–H and O–H groups in total. The quantitative estimate of drug-likeness (QED) is 0.130. The van der Waals surface area contributed by atoms with Crippen molar-refractivity contribution in [3.05, 3.63) is 77.6 Å². The molecule has 302 valence electrons. The zero-order chi connectivity index (χ0) is 41.1. The van der Waals surface area contributed by atoms with Gasteiger partial charge >= 0.3 is 12.2 Å². The van der Waals surface area contributed by atoms with Crippen molar-refractivity contribution in [3.8, 4) is 23.2 Å². The molecule has 15 heteroatoms. The number of ether oxygens (including phenoxy) is 2. The molecular weight excluding hydrogens is 739 g/mol. The summed E-state index contributed by atoms with van der Waals surface area (Å²) in [5.74, 6) is 7.34. The maximum absolute atomic E-state index is 13.6. The fourth-order valence-corrected chi connectivity index (χ4v) is 7.85. The standard InChI is InChI=1S/C43H49N9O6/c1-24(2)35(49-42(55)57-5)40(53)51-19-7-9-33(51)38-45-23-32(47-38)30-17-14-27(22-44-30)12-11-26-13-16-29-28(21-26)15-18-31-37(29)48-39(46-31)34-10-8-20-52(34)41(54)36(25(3)4)50-43(56)58-6/h13-18,21-25,33-36H,7-10,19-20H2,1-6H3,(H,45,47)(H,46,48)(H,49,55)(H,50,56). The van der Waals surface area contributed by atoms with E-state index in [1.807, 2.05) is 75.1 Å². The number of benzene rings is 2. The van der Waals surface area contributed by atoms with Crippen LogP contribution in [0, 0.1) is 23.7 Å². The Balaban J connectivity index is 1.04. The number of hydrogen-bond donors (Lipinski definition) is 4. The third kappa shape index (κ3) is 8.18. The largest absolute Gasteiger partial charge is 0.453 e. The molecule has 4 amide bonds. The molecule has 2 aliphatic rings. The molecule has 5 heterocycles. The number of imidazole rings is 2. The molecule has 0 bridgehead atoms. The van der Waals surface area contributed by atoms with Gasteiger partial charge < -0.3 is 39.9 Å². The van der Waals surface area contributed by atoms with E-state index in [1.165, 1.54) is 14.2 Å². The van der Waals surface area contributed by atoms with E-state index in [1.54, 1.807) is 17.3 Å². The van der Waals surface area contributed by atoms with E-state index in [0.717, 1.165) is 70.1 Å². The number of amides is 4. The number of rotatable bonds is 9. The Morgan fingerprint density at radius 1 is 0.741 bits per heavy atom. The van der Waals surface area contributed by atoms with Crippen molar-refractivity contribution in [3.63, 3.8) is 0 Å². The number of aromatic nitrogens is 5. The molecule has 15 nitrogen and oxygen atoms in total. The highest BCUT2D eigenvalue weighted by Gasteiger charge is 2.39. The minimum absolute atomic E-state index is 0.116. The van der Waals surface area contributed by atoms with Gasteiger partial charge in [0.25, 0.3) is 0 Å². The highest BCUT2D eigenvalue weighted by molar-refractivity contribution is 6.04. The zero-order valence-corrected chi connectivity index (χ0v) is 33.6. The summed E-state index contributed by atoms with van der Waals surface area (Å²) in [6.07, 6.45) is 5.37. The Morgan fingerprint density at radius 3 is 1.93 bits per heavy atom. The summed E-state index contributed by atoms with van der Waals surface area (Å²) in [4.78, 5) is 75.8. The van der Waals surface area contributed by atoms with Crippen molar-refractivity contribution >= 4 is 45.8 Å². The van der Waals surface area contributed by atoms with Gasteiger partial charge in [0.05, 0.1) is 54.9 Å². The normalized spacial score (nSPS) is 17.7. The lowest BCUT2D eigenvalue weighted by Gasteiger charge is -2.30. The van der Waals surface area contributed by atoms with Gasteiger partial charge in [-0.3, -0.25) is 14.6 Å². The van der Waals surface area contributed by atoms with Crippen LogP contribution in [-0.2, 0) is 19.1 Å². The van der Waals surface area contributed by atoms with Gasteiger partial charge in [0, 0.05) is 35.8 Å². The average molecular weight is 788 g/mol. The molecule has 4 atom stereocenters. The topological polar surface area (TPSA) is 188 Å². The number of nitrogens with zero attached hydrogens (tertiary/aromatic N) is 5. The van der Waals surface area contributed by atoms with Gasteiger partial charge in [-0.2, -0.15) is 0 Å². The first-order valence-corrected chi connectivity index (χ1v) is 19.7.